The Hall–Kier alpha value is -1.66. The molecular formula is C11H12ClFN4O. The van der Waals surface area contributed by atoms with Crippen molar-refractivity contribution in [3.8, 4) is 0 Å². The van der Waals surface area contributed by atoms with E-state index in [0.29, 0.717) is 29.5 Å². The standard InChI is InChI=1S/C11H12ClFN4O/c12-8-1-2-10(13)11(5-8)14-6-9-7-17(3-4-18)16-15-9/h1-2,5,7,14,18H,3-4,6H2. The number of nitrogens with one attached hydrogen (secondary N) is 1. The summed E-state index contributed by atoms with van der Waals surface area (Å²) in [6.45, 7) is 0.723. The first-order valence-electron chi connectivity index (χ1n) is 5.38. The number of nitrogens with zero attached hydrogens (tertiary/aromatic N) is 3. The van der Waals surface area contributed by atoms with Gasteiger partial charge in [-0.3, -0.25) is 0 Å². The van der Waals surface area contributed by atoms with Crippen molar-refractivity contribution in [1.29, 1.82) is 0 Å². The van der Waals surface area contributed by atoms with Crippen molar-refractivity contribution in [2.24, 2.45) is 0 Å². The molecular weight excluding hydrogens is 259 g/mol. The fraction of sp³-hybridized carbons (Fsp3) is 0.273. The molecule has 1 heterocycles. The summed E-state index contributed by atoms with van der Waals surface area (Å²) in [6.07, 6.45) is 1.69. The lowest BCUT2D eigenvalue weighted by molar-refractivity contribution is 0.268. The van der Waals surface area contributed by atoms with Gasteiger partial charge in [-0.2, -0.15) is 0 Å². The third-order valence-electron chi connectivity index (χ3n) is 2.30. The molecule has 0 bridgehead atoms. The molecule has 1 aromatic heterocycles. The number of hydrogen-bond acceptors (Lipinski definition) is 4. The molecule has 0 fully saturated rings. The van der Waals surface area contributed by atoms with Gasteiger partial charge < -0.3 is 10.4 Å². The summed E-state index contributed by atoms with van der Waals surface area (Å²) in [5.41, 5.74) is 0.974. The quantitative estimate of drug-likeness (QED) is 0.868. The summed E-state index contributed by atoms with van der Waals surface area (Å²) in [6, 6.07) is 4.29. The lowest BCUT2D eigenvalue weighted by Crippen LogP contribution is -2.03. The molecule has 2 aromatic rings. The molecule has 7 heteroatoms. The first-order valence-corrected chi connectivity index (χ1v) is 5.75. The van der Waals surface area contributed by atoms with E-state index in [4.69, 9.17) is 16.7 Å². The van der Waals surface area contributed by atoms with E-state index in [-0.39, 0.29) is 12.4 Å². The predicted molar refractivity (Wildman–Crippen MR) is 65.8 cm³/mol. The summed E-state index contributed by atoms with van der Waals surface area (Å²) in [5.74, 6) is -0.373. The smallest absolute Gasteiger partial charge is 0.146 e. The van der Waals surface area contributed by atoms with E-state index in [1.165, 1.54) is 22.9 Å². The van der Waals surface area contributed by atoms with Crippen LogP contribution in [0, 0.1) is 5.82 Å². The molecule has 18 heavy (non-hydrogen) atoms. The van der Waals surface area contributed by atoms with Crippen LogP contribution in [0.4, 0.5) is 10.1 Å². The molecule has 0 aliphatic heterocycles. The van der Waals surface area contributed by atoms with Crippen LogP contribution in [0.25, 0.3) is 0 Å². The number of aliphatic hydroxyl groups is 1. The lowest BCUT2D eigenvalue weighted by Gasteiger charge is -2.05. The van der Waals surface area contributed by atoms with Gasteiger partial charge in [0.25, 0.3) is 0 Å². The zero-order valence-corrected chi connectivity index (χ0v) is 10.2. The lowest BCUT2D eigenvalue weighted by atomic mass is 10.3. The van der Waals surface area contributed by atoms with Crippen molar-refractivity contribution in [3.05, 3.63) is 40.9 Å². The maximum Gasteiger partial charge on any atom is 0.146 e. The van der Waals surface area contributed by atoms with Crippen molar-refractivity contribution in [2.75, 3.05) is 11.9 Å². The van der Waals surface area contributed by atoms with Crippen molar-refractivity contribution in [3.63, 3.8) is 0 Å². The van der Waals surface area contributed by atoms with Gasteiger partial charge in [0, 0.05) is 5.02 Å². The topological polar surface area (TPSA) is 63.0 Å². The summed E-state index contributed by atoms with van der Waals surface area (Å²) >= 11 is 5.78. The van der Waals surface area contributed by atoms with E-state index >= 15 is 0 Å². The van der Waals surface area contributed by atoms with Crippen molar-refractivity contribution in [2.45, 2.75) is 13.1 Å². The molecule has 0 atom stereocenters. The fourth-order valence-electron chi connectivity index (χ4n) is 1.45. The van der Waals surface area contributed by atoms with E-state index in [9.17, 15) is 4.39 Å². The monoisotopic (exact) mass is 270 g/mol. The van der Waals surface area contributed by atoms with Crippen LogP contribution in [-0.2, 0) is 13.1 Å². The molecule has 0 radical (unpaired) electrons. The van der Waals surface area contributed by atoms with Gasteiger partial charge in [0.1, 0.15) is 11.5 Å². The molecule has 0 spiro atoms. The van der Waals surface area contributed by atoms with Crippen LogP contribution in [0.15, 0.2) is 24.4 Å². The number of rotatable bonds is 5. The van der Waals surface area contributed by atoms with E-state index in [1.807, 2.05) is 0 Å². The molecule has 2 N–H and O–H groups in total. The van der Waals surface area contributed by atoms with Crippen molar-refractivity contribution < 1.29 is 9.50 Å². The van der Waals surface area contributed by atoms with Crippen molar-refractivity contribution >= 4 is 17.3 Å². The Balaban J connectivity index is 1.99. The maximum atomic E-state index is 13.4. The fourth-order valence-corrected chi connectivity index (χ4v) is 1.62. The molecule has 0 amide bonds. The second-order valence-corrected chi connectivity index (χ2v) is 4.11. The van der Waals surface area contributed by atoms with Crippen LogP contribution in [0.3, 0.4) is 0 Å². The van der Waals surface area contributed by atoms with Crippen LogP contribution in [0.1, 0.15) is 5.69 Å². The number of anilines is 1. The average molecular weight is 271 g/mol. The number of halogens is 2. The third kappa shape index (κ3) is 3.18. The van der Waals surface area contributed by atoms with Gasteiger partial charge in [-0.15, -0.1) is 5.10 Å². The van der Waals surface area contributed by atoms with E-state index < -0.39 is 0 Å². The third-order valence-corrected chi connectivity index (χ3v) is 2.54. The molecule has 0 aliphatic rings. The normalized spacial score (nSPS) is 10.6. The molecule has 0 aliphatic carbocycles. The first-order chi connectivity index (χ1) is 8.69. The summed E-state index contributed by atoms with van der Waals surface area (Å²) < 4.78 is 14.9. The van der Waals surface area contributed by atoms with Gasteiger partial charge >= 0.3 is 0 Å². The minimum absolute atomic E-state index is 0.000843. The van der Waals surface area contributed by atoms with E-state index in [1.54, 1.807) is 6.20 Å². The number of hydrogen-bond donors (Lipinski definition) is 2. The minimum Gasteiger partial charge on any atom is -0.394 e. The van der Waals surface area contributed by atoms with Crippen molar-refractivity contribution in [1.82, 2.24) is 15.0 Å². The van der Waals surface area contributed by atoms with Crippen LogP contribution in [-0.4, -0.2) is 26.7 Å². The highest BCUT2D eigenvalue weighted by Crippen LogP contribution is 2.19. The Labute approximate surface area is 108 Å². The van der Waals surface area contributed by atoms with Gasteiger partial charge in [-0.1, -0.05) is 16.8 Å². The highest BCUT2D eigenvalue weighted by atomic mass is 35.5. The molecule has 1 aromatic carbocycles. The van der Waals surface area contributed by atoms with Gasteiger partial charge in [-0.05, 0) is 18.2 Å². The van der Waals surface area contributed by atoms with Gasteiger partial charge in [-0.25, -0.2) is 9.07 Å². The summed E-state index contributed by atoms with van der Waals surface area (Å²) in [4.78, 5) is 0. The highest BCUT2D eigenvalue weighted by molar-refractivity contribution is 6.30. The Bertz CT molecular complexity index is 532. The van der Waals surface area contributed by atoms with Crippen LogP contribution in [0.5, 0.6) is 0 Å². The predicted octanol–water partition coefficient (Wildman–Crippen LogP) is 1.68. The molecule has 2 rings (SSSR count). The molecule has 0 saturated heterocycles. The summed E-state index contributed by atoms with van der Waals surface area (Å²) in [5, 5.41) is 19.8. The maximum absolute atomic E-state index is 13.4. The number of aromatic nitrogens is 3. The van der Waals surface area contributed by atoms with Gasteiger partial charge in [0.05, 0.1) is 31.6 Å². The second-order valence-electron chi connectivity index (χ2n) is 3.67. The Morgan fingerprint density at radius 2 is 2.28 bits per heavy atom. The zero-order valence-electron chi connectivity index (χ0n) is 9.48. The van der Waals surface area contributed by atoms with E-state index in [0.717, 1.165) is 0 Å². The molecule has 96 valence electrons. The average Bonchev–Trinajstić information content (AvgIpc) is 2.79. The largest absolute Gasteiger partial charge is 0.394 e. The Kier molecular flexibility index (Phi) is 4.11. The van der Waals surface area contributed by atoms with Crippen LogP contribution < -0.4 is 5.32 Å². The summed E-state index contributed by atoms with van der Waals surface area (Å²) in [7, 11) is 0. The molecule has 0 saturated carbocycles. The number of aliphatic hydroxyl groups excluding tert-OH is 1. The van der Waals surface area contributed by atoms with Crippen LogP contribution >= 0.6 is 11.6 Å². The van der Waals surface area contributed by atoms with E-state index in [2.05, 4.69) is 15.6 Å². The molecule has 5 nitrogen and oxygen atoms in total. The number of benzene rings is 1. The minimum atomic E-state index is -0.373. The second kappa shape index (κ2) is 5.79. The molecule has 0 unspecified atom stereocenters. The Morgan fingerprint density at radius 3 is 3.06 bits per heavy atom. The van der Waals surface area contributed by atoms with Gasteiger partial charge in [0.15, 0.2) is 0 Å². The zero-order chi connectivity index (χ0) is 13.0. The van der Waals surface area contributed by atoms with Crippen LogP contribution in [0.2, 0.25) is 5.02 Å². The highest BCUT2D eigenvalue weighted by Gasteiger charge is 2.04. The first kappa shape index (κ1) is 12.8. The van der Waals surface area contributed by atoms with Gasteiger partial charge in [0.2, 0.25) is 0 Å². The SMILES string of the molecule is OCCn1cc(CNc2cc(Cl)ccc2F)nn1. The Morgan fingerprint density at radius 1 is 1.44 bits per heavy atom.